The molecule has 0 amide bonds. The van der Waals surface area contributed by atoms with Gasteiger partial charge in [0.05, 0.1) is 6.61 Å². The molecule has 0 bridgehead atoms. The van der Waals surface area contributed by atoms with E-state index in [2.05, 4.69) is 12.2 Å². The molecule has 1 aliphatic rings. The smallest absolute Gasteiger partial charge is 0.0555 e. The van der Waals surface area contributed by atoms with E-state index in [-0.39, 0.29) is 6.61 Å². The maximum absolute atomic E-state index is 8.51. The van der Waals surface area contributed by atoms with Crippen LogP contribution in [-0.4, -0.2) is 24.8 Å². The summed E-state index contributed by atoms with van der Waals surface area (Å²) in [4.78, 5) is 0. The standard InChI is InChI=1S/C9H19NO/c1-2-8-5-9(6-8)7-10-3-4-11/h8-11H,2-7H2,1H3. The Morgan fingerprint density at radius 1 is 1.36 bits per heavy atom. The third-order valence-corrected chi connectivity index (χ3v) is 2.63. The van der Waals surface area contributed by atoms with E-state index < -0.39 is 0 Å². The van der Waals surface area contributed by atoms with Crippen LogP contribution in [0.3, 0.4) is 0 Å². The molecular weight excluding hydrogens is 138 g/mol. The second kappa shape index (κ2) is 4.73. The van der Waals surface area contributed by atoms with Gasteiger partial charge in [0.15, 0.2) is 0 Å². The molecule has 1 fully saturated rings. The molecule has 0 aliphatic heterocycles. The van der Waals surface area contributed by atoms with Gasteiger partial charge in [0.2, 0.25) is 0 Å². The zero-order valence-electron chi connectivity index (χ0n) is 7.34. The van der Waals surface area contributed by atoms with Gasteiger partial charge < -0.3 is 10.4 Å². The zero-order chi connectivity index (χ0) is 8.10. The molecule has 0 aromatic heterocycles. The predicted molar refractivity (Wildman–Crippen MR) is 46.5 cm³/mol. The maximum Gasteiger partial charge on any atom is 0.0555 e. The van der Waals surface area contributed by atoms with Crippen LogP contribution >= 0.6 is 0 Å². The molecule has 2 N–H and O–H groups in total. The summed E-state index contributed by atoms with van der Waals surface area (Å²) in [7, 11) is 0. The molecule has 0 unspecified atom stereocenters. The van der Waals surface area contributed by atoms with Crippen LogP contribution < -0.4 is 5.32 Å². The molecule has 11 heavy (non-hydrogen) atoms. The fraction of sp³-hybridized carbons (Fsp3) is 1.00. The molecule has 0 aromatic rings. The van der Waals surface area contributed by atoms with Gasteiger partial charge in [0.1, 0.15) is 0 Å². The Balaban J connectivity index is 1.88. The Bertz CT molecular complexity index is 99.7. The predicted octanol–water partition coefficient (Wildman–Crippen LogP) is 1.00. The summed E-state index contributed by atoms with van der Waals surface area (Å²) in [6, 6.07) is 0. The first-order chi connectivity index (χ1) is 5.36. The molecular formula is C9H19NO. The first kappa shape index (κ1) is 9.01. The summed E-state index contributed by atoms with van der Waals surface area (Å²) in [5, 5.41) is 11.7. The Hall–Kier alpha value is -0.0800. The molecule has 1 aliphatic carbocycles. The average molecular weight is 157 g/mol. The lowest BCUT2D eigenvalue weighted by Gasteiger charge is -2.34. The van der Waals surface area contributed by atoms with E-state index in [0.29, 0.717) is 0 Å². The monoisotopic (exact) mass is 157 g/mol. The minimum Gasteiger partial charge on any atom is -0.395 e. The van der Waals surface area contributed by atoms with E-state index in [4.69, 9.17) is 5.11 Å². The molecule has 0 atom stereocenters. The van der Waals surface area contributed by atoms with E-state index in [0.717, 1.165) is 24.9 Å². The molecule has 0 heterocycles. The second-order valence-electron chi connectivity index (χ2n) is 3.54. The zero-order valence-corrected chi connectivity index (χ0v) is 7.34. The molecule has 1 saturated carbocycles. The highest BCUT2D eigenvalue weighted by Crippen LogP contribution is 2.34. The molecule has 0 saturated heterocycles. The van der Waals surface area contributed by atoms with E-state index in [9.17, 15) is 0 Å². The minimum absolute atomic E-state index is 0.268. The van der Waals surface area contributed by atoms with Crippen LogP contribution in [0.1, 0.15) is 26.2 Å². The van der Waals surface area contributed by atoms with Crippen LogP contribution in [0.15, 0.2) is 0 Å². The summed E-state index contributed by atoms with van der Waals surface area (Å²) in [5.74, 6) is 1.89. The first-order valence-electron chi connectivity index (χ1n) is 4.68. The molecule has 2 heteroatoms. The van der Waals surface area contributed by atoms with Crippen molar-refractivity contribution in [2.45, 2.75) is 26.2 Å². The highest BCUT2D eigenvalue weighted by molar-refractivity contribution is 4.79. The highest BCUT2D eigenvalue weighted by atomic mass is 16.3. The minimum atomic E-state index is 0.268. The van der Waals surface area contributed by atoms with Crippen molar-refractivity contribution in [1.82, 2.24) is 5.32 Å². The van der Waals surface area contributed by atoms with E-state index in [1.54, 1.807) is 0 Å². The molecule has 0 radical (unpaired) electrons. The Labute approximate surface area is 69.0 Å². The van der Waals surface area contributed by atoms with Crippen molar-refractivity contribution in [2.75, 3.05) is 19.7 Å². The number of hydrogen-bond acceptors (Lipinski definition) is 2. The van der Waals surface area contributed by atoms with Gasteiger partial charge >= 0.3 is 0 Å². The Kier molecular flexibility index (Phi) is 3.87. The van der Waals surface area contributed by atoms with Gasteiger partial charge in [0.25, 0.3) is 0 Å². The maximum atomic E-state index is 8.51. The van der Waals surface area contributed by atoms with Gasteiger partial charge in [-0.3, -0.25) is 0 Å². The van der Waals surface area contributed by atoms with Crippen molar-refractivity contribution in [1.29, 1.82) is 0 Å². The van der Waals surface area contributed by atoms with E-state index >= 15 is 0 Å². The van der Waals surface area contributed by atoms with Crippen LogP contribution in [0, 0.1) is 11.8 Å². The third kappa shape index (κ3) is 2.80. The average Bonchev–Trinajstić information content (AvgIpc) is 1.94. The van der Waals surface area contributed by atoms with Crippen molar-refractivity contribution in [3.05, 3.63) is 0 Å². The van der Waals surface area contributed by atoms with Gasteiger partial charge in [0, 0.05) is 6.54 Å². The van der Waals surface area contributed by atoms with E-state index in [1.165, 1.54) is 19.3 Å². The lowest BCUT2D eigenvalue weighted by atomic mass is 9.73. The number of aliphatic hydroxyl groups excluding tert-OH is 1. The third-order valence-electron chi connectivity index (χ3n) is 2.63. The molecule has 0 spiro atoms. The summed E-state index contributed by atoms with van der Waals surface area (Å²) in [5.41, 5.74) is 0. The topological polar surface area (TPSA) is 32.3 Å². The summed E-state index contributed by atoms with van der Waals surface area (Å²) < 4.78 is 0. The largest absolute Gasteiger partial charge is 0.395 e. The van der Waals surface area contributed by atoms with Crippen LogP contribution in [0.2, 0.25) is 0 Å². The number of rotatable bonds is 5. The number of hydrogen-bond donors (Lipinski definition) is 2. The first-order valence-corrected chi connectivity index (χ1v) is 4.68. The number of nitrogens with one attached hydrogen (secondary N) is 1. The molecule has 2 nitrogen and oxygen atoms in total. The van der Waals surface area contributed by atoms with Gasteiger partial charge in [-0.05, 0) is 31.2 Å². The normalized spacial score (nSPS) is 30.0. The van der Waals surface area contributed by atoms with Gasteiger partial charge in [-0.15, -0.1) is 0 Å². The quantitative estimate of drug-likeness (QED) is 0.584. The SMILES string of the molecule is CCC1CC(CNCCO)C1. The lowest BCUT2D eigenvalue weighted by molar-refractivity contribution is 0.179. The molecule has 1 rings (SSSR count). The van der Waals surface area contributed by atoms with Crippen LogP contribution in [0.4, 0.5) is 0 Å². The summed E-state index contributed by atoms with van der Waals surface area (Å²) in [6.45, 7) is 4.40. The van der Waals surface area contributed by atoms with Gasteiger partial charge in [-0.1, -0.05) is 13.3 Å². The Morgan fingerprint density at radius 2 is 2.09 bits per heavy atom. The van der Waals surface area contributed by atoms with Crippen molar-refractivity contribution < 1.29 is 5.11 Å². The number of aliphatic hydroxyl groups is 1. The molecule has 66 valence electrons. The van der Waals surface area contributed by atoms with Crippen molar-refractivity contribution in [3.8, 4) is 0 Å². The van der Waals surface area contributed by atoms with Crippen LogP contribution in [0.5, 0.6) is 0 Å². The van der Waals surface area contributed by atoms with Crippen molar-refractivity contribution >= 4 is 0 Å². The van der Waals surface area contributed by atoms with Crippen molar-refractivity contribution in [2.24, 2.45) is 11.8 Å². The van der Waals surface area contributed by atoms with Crippen LogP contribution in [-0.2, 0) is 0 Å². The Morgan fingerprint density at radius 3 is 2.64 bits per heavy atom. The lowest BCUT2D eigenvalue weighted by Crippen LogP contribution is -2.33. The van der Waals surface area contributed by atoms with Gasteiger partial charge in [-0.25, -0.2) is 0 Å². The fourth-order valence-electron chi connectivity index (χ4n) is 1.76. The second-order valence-corrected chi connectivity index (χ2v) is 3.54. The highest BCUT2D eigenvalue weighted by Gasteiger charge is 2.26. The van der Waals surface area contributed by atoms with Crippen LogP contribution in [0.25, 0.3) is 0 Å². The fourth-order valence-corrected chi connectivity index (χ4v) is 1.76. The van der Waals surface area contributed by atoms with Crippen molar-refractivity contribution in [3.63, 3.8) is 0 Å². The van der Waals surface area contributed by atoms with Gasteiger partial charge in [-0.2, -0.15) is 0 Å². The molecule has 0 aromatic carbocycles. The summed E-state index contributed by atoms with van der Waals surface area (Å²) in [6.07, 6.45) is 4.14. The van der Waals surface area contributed by atoms with E-state index in [1.807, 2.05) is 0 Å². The summed E-state index contributed by atoms with van der Waals surface area (Å²) >= 11 is 0.